The molecule has 1 aromatic carbocycles. The Morgan fingerprint density at radius 1 is 1.47 bits per heavy atom. The monoisotopic (exact) mass is 221 g/mol. The van der Waals surface area contributed by atoms with Gasteiger partial charge >= 0.3 is 0 Å². The van der Waals surface area contributed by atoms with E-state index in [0.29, 0.717) is 11.6 Å². The number of aromatic nitrogens is 2. The number of rotatable bonds is 2. The van der Waals surface area contributed by atoms with E-state index < -0.39 is 0 Å². The van der Waals surface area contributed by atoms with Gasteiger partial charge in [-0.1, -0.05) is 11.6 Å². The SMILES string of the molecule is Cc1cnn(-c2ccc(Cl)cc2CN)c1. The van der Waals surface area contributed by atoms with Crippen LogP contribution >= 0.6 is 11.6 Å². The summed E-state index contributed by atoms with van der Waals surface area (Å²) in [6.45, 7) is 2.45. The van der Waals surface area contributed by atoms with E-state index in [-0.39, 0.29) is 0 Å². The molecule has 0 aliphatic rings. The Bertz CT molecular complexity index is 476. The Kier molecular flexibility index (Phi) is 2.75. The summed E-state index contributed by atoms with van der Waals surface area (Å²) < 4.78 is 1.81. The minimum atomic E-state index is 0.453. The summed E-state index contributed by atoms with van der Waals surface area (Å²) in [5.74, 6) is 0. The second-order valence-corrected chi connectivity index (χ2v) is 3.88. The average molecular weight is 222 g/mol. The quantitative estimate of drug-likeness (QED) is 0.846. The van der Waals surface area contributed by atoms with E-state index in [1.807, 2.05) is 42.2 Å². The molecule has 0 atom stereocenters. The first kappa shape index (κ1) is 10.2. The molecule has 1 heterocycles. The molecular formula is C11H12ClN3. The molecule has 2 aromatic rings. The first-order chi connectivity index (χ1) is 7.20. The average Bonchev–Trinajstić information content (AvgIpc) is 2.64. The highest BCUT2D eigenvalue weighted by Crippen LogP contribution is 2.19. The molecule has 0 spiro atoms. The van der Waals surface area contributed by atoms with Crippen LogP contribution < -0.4 is 5.73 Å². The predicted octanol–water partition coefficient (Wildman–Crippen LogP) is 2.29. The molecular weight excluding hydrogens is 210 g/mol. The topological polar surface area (TPSA) is 43.8 Å². The third-order valence-electron chi connectivity index (χ3n) is 2.22. The summed E-state index contributed by atoms with van der Waals surface area (Å²) in [7, 11) is 0. The molecule has 0 radical (unpaired) electrons. The molecule has 0 unspecified atom stereocenters. The van der Waals surface area contributed by atoms with Gasteiger partial charge in [0.05, 0.1) is 11.9 Å². The minimum Gasteiger partial charge on any atom is -0.326 e. The molecule has 78 valence electrons. The van der Waals surface area contributed by atoms with Gasteiger partial charge in [-0.3, -0.25) is 0 Å². The molecule has 3 nitrogen and oxygen atoms in total. The van der Waals surface area contributed by atoms with Gasteiger partial charge in [0, 0.05) is 17.8 Å². The van der Waals surface area contributed by atoms with Gasteiger partial charge in [-0.2, -0.15) is 5.10 Å². The third kappa shape index (κ3) is 2.03. The molecule has 0 bridgehead atoms. The summed E-state index contributed by atoms with van der Waals surface area (Å²) in [5.41, 5.74) is 8.76. The fraction of sp³-hybridized carbons (Fsp3) is 0.182. The molecule has 0 saturated heterocycles. The molecule has 4 heteroatoms. The van der Waals surface area contributed by atoms with Gasteiger partial charge < -0.3 is 5.73 Å². The standard InChI is InChI=1S/C11H12ClN3/c1-8-6-14-15(7-8)11-3-2-10(12)4-9(11)5-13/h2-4,6-7H,5,13H2,1H3. The van der Waals surface area contributed by atoms with E-state index in [1.54, 1.807) is 0 Å². The zero-order valence-electron chi connectivity index (χ0n) is 8.44. The van der Waals surface area contributed by atoms with E-state index in [2.05, 4.69) is 5.10 Å². The van der Waals surface area contributed by atoms with Crippen LogP contribution in [-0.2, 0) is 6.54 Å². The number of hydrogen-bond acceptors (Lipinski definition) is 2. The number of nitrogens with zero attached hydrogens (tertiary/aromatic N) is 2. The van der Waals surface area contributed by atoms with Crippen molar-refractivity contribution in [1.82, 2.24) is 9.78 Å². The lowest BCUT2D eigenvalue weighted by Gasteiger charge is -2.07. The van der Waals surface area contributed by atoms with Crippen molar-refractivity contribution >= 4 is 11.6 Å². The van der Waals surface area contributed by atoms with Crippen molar-refractivity contribution < 1.29 is 0 Å². The summed E-state index contributed by atoms with van der Waals surface area (Å²) in [4.78, 5) is 0. The summed E-state index contributed by atoms with van der Waals surface area (Å²) in [6.07, 6.45) is 3.78. The molecule has 1 aromatic heterocycles. The lowest BCUT2D eigenvalue weighted by molar-refractivity contribution is 0.858. The smallest absolute Gasteiger partial charge is 0.0691 e. The van der Waals surface area contributed by atoms with Crippen molar-refractivity contribution in [1.29, 1.82) is 0 Å². The second kappa shape index (κ2) is 4.04. The fourth-order valence-electron chi connectivity index (χ4n) is 1.49. The summed E-state index contributed by atoms with van der Waals surface area (Å²) in [5, 5.41) is 4.94. The van der Waals surface area contributed by atoms with Gasteiger partial charge in [0.25, 0.3) is 0 Å². The fourth-order valence-corrected chi connectivity index (χ4v) is 1.68. The highest BCUT2D eigenvalue weighted by molar-refractivity contribution is 6.30. The summed E-state index contributed by atoms with van der Waals surface area (Å²) in [6, 6.07) is 5.64. The number of aryl methyl sites for hydroxylation is 1. The molecule has 15 heavy (non-hydrogen) atoms. The minimum absolute atomic E-state index is 0.453. The van der Waals surface area contributed by atoms with Crippen molar-refractivity contribution in [2.45, 2.75) is 13.5 Å². The molecule has 0 aliphatic carbocycles. The molecule has 0 aliphatic heterocycles. The Balaban J connectivity index is 2.52. The zero-order valence-corrected chi connectivity index (χ0v) is 9.20. The lowest BCUT2D eigenvalue weighted by Crippen LogP contribution is -2.04. The van der Waals surface area contributed by atoms with Crippen molar-refractivity contribution in [3.05, 3.63) is 46.7 Å². The van der Waals surface area contributed by atoms with Crippen LogP contribution in [0.3, 0.4) is 0 Å². The van der Waals surface area contributed by atoms with Crippen LogP contribution in [0.25, 0.3) is 5.69 Å². The molecule has 0 saturated carbocycles. The van der Waals surface area contributed by atoms with Crippen LogP contribution in [0.15, 0.2) is 30.6 Å². The predicted molar refractivity (Wildman–Crippen MR) is 61.2 cm³/mol. The van der Waals surface area contributed by atoms with Gasteiger partial charge in [0.2, 0.25) is 0 Å². The van der Waals surface area contributed by atoms with Gasteiger partial charge in [-0.05, 0) is 36.2 Å². The highest BCUT2D eigenvalue weighted by atomic mass is 35.5. The molecule has 2 rings (SSSR count). The van der Waals surface area contributed by atoms with E-state index in [4.69, 9.17) is 17.3 Å². The van der Waals surface area contributed by atoms with E-state index in [0.717, 1.165) is 16.8 Å². The number of benzene rings is 1. The first-order valence-electron chi connectivity index (χ1n) is 4.71. The maximum atomic E-state index is 5.90. The van der Waals surface area contributed by atoms with Gasteiger partial charge in [0.15, 0.2) is 0 Å². The third-order valence-corrected chi connectivity index (χ3v) is 2.46. The zero-order chi connectivity index (χ0) is 10.8. The van der Waals surface area contributed by atoms with Crippen molar-refractivity contribution in [3.63, 3.8) is 0 Å². The van der Waals surface area contributed by atoms with Crippen LogP contribution in [0.1, 0.15) is 11.1 Å². The number of hydrogen-bond donors (Lipinski definition) is 1. The maximum absolute atomic E-state index is 5.90. The van der Waals surface area contributed by atoms with Crippen molar-refractivity contribution in [2.75, 3.05) is 0 Å². The van der Waals surface area contributed by atoms with Crippen molar-refractivity contribution in [3.8, 4) is 5.69 Å². The van der Waals surface area contributed by atoms with Gasteiger partial charge in [-0.15, -0.1) is 0 Å². The van der Waals surface area contributed by atoms with Crippen LogP contribution in [0.2, 0.25) is 5.02 Å². The van der Waals surface area contributed by atoms with Gasteiger partial charge in [0.1, 0.15) is 0 Å². The maximum Gasteiger partial charge on any atom is 0.0691 e. The Hall–Kier alpha value is -1.32. The van der Waals surface area contributed by atoms with Crippen LogP contribution in [0.4, 0.5) is 0 Å². The normalized spacial score (nSPS) is 10.6. The van der Waals surface area contributed by atoms with Crippen molar-refractivity contribution in [2.24, 2.45) is 5.73 Å². The number of halogens is 1. The number of nitrogens with two attached hydrogens (primary N) is 1. The molecule has 0 fully saturated rings. The Morgan fingerprint density at radius 3 is 2.87 bits per heavy atom. The van der Waals surface area contributed by atoms with Crippen LogP contribution in [-0.4, -0.2) is 9.78 Å². The van der Waals surface area contributed by atoms with Crippen LogP contribution in [0, 0.1) is 6.92 Å². The van der Waals surface area contributed by atoms with Gasteiger partial charge in [-0.25, -0.2) is 4.68 Å². The van der Waals surface area contributed by atoms with E-state index >= 15 is 0 Å². The van der Waals surface area contributed by atoms with Crippen LogP contribution in [0.5, 0.6) is 0 Å². The molecule has 0 amide bonds. The first-order valence-corrected chi connectivity index (χ1v) is 5.08. The van der Waals surface area contributed by atoms with E-state index in [1.165, 1.54) is 0 Å². The largest absolute Gasteiger partial charge is 0.326 e. The van der Waals surface area contributed by atoms with E-state index in [9.17, 15) is 0 Å². The Morgan fingerprint density at radius 2 is 2.27 bits per heavy atom. The highest BCUT2D eigenvalue weighted by Gasteiger charge is 2.04. The summed E-state index contributed by atoms with van der Waals surface area (Å²) >= 11 is 5.90. The Labute approximate surface area is 93.5 Å². The second-order valence-electron chi connectivity index (χ2n) is 3.44. The molecule has 2 N–H and O–H groups in total. The lowest BCUT2D eigenvalue weighted by atomic mass is 10.2.